The molecule has 0 radical (unpaired) electrons. The van der Waals surface area contributed by atoms with Gasteiger partial charge in [-0.05, 0) is 18.4 Å². The van der Waals surface area contributed by atoms with Gasteiger partial charge in [0.1, 0.15) is 0 Å². The Morgan fingerprint density at radius 2 is 2.42 bits per heavy atom. The molecule has 0 aliphatic carbocycles. The van der Waals surface area contributed by atoms with Gasteiger partial charge in [-0.1, -0.05) is 13.8 Å². The normalized spacial score (nSPS) is 18.6. The monoisotopic (exact) mass is 264 g/mol. The molecule has 1 aromatic heterocycles. The van der Waals surface area contributed by atoms with Crippen molar-refractivity contribution in [3.8, 4) is 5.88 Å². The minimum absolute atomic E-state index is 0.00449. The zero-order chi connectivity index (χ0) is 13.7. The van der Waals surface area contributed by atoms with Gasteiger partial charge in [-0.2, -0.15) is 0 Å². The van der Waals surface area contributed by atoms with Gasteiger partial charge in [-0.15, -0.1) is 0 Å². The third-order valence-electron chi connectivity index (χ3n) is 2.87. The summed E-state index contributed by atoms with van der Waals surface area (Å²) in [6.45, 7) is 5.97. The number of carbonyl (C=O) groups is 1. The Kier molecular flexibility index (Phi) is 4.74. The van der Waals surface area contributed by atoms with Crippen LogP contribution < -0.4 is 10.1 Å². The third-order valence-corrected chi connectivity index (χ3v) is 2.87. The summed E-state index contributed by atoms with van der Waals surface area (Å²) < 4.78 is 10.7. The van der Waals surface area contributed by atoms with Crippen LogP contribution in [0, 0.1) is 11.8 Å². The summed E-state index contributed by atoms with van der Waals surface area (Å²) in [7, 11) is 0. The van der Waals surface area contributed by atoms with Crippen LogP contribution >= 0.6 is 0 Å². The van der Waals surface area contributed by atoms with E-state index in [0.29, 0.717) is 37.3 Å². The number of pyridine rings is 1. The molecule has 2 rings (SSSR count). The average Bonchev–Trinajstić information content (AvgIpc) is 2.92. The highest BCUT2D eigenvalue weighted by Gasteiger charge is 2.23. The van der Waals surface area contributed by atoms with E-state index in [-0.39, 0.29) is 11.8 Å². The molecule has 0 saturated carbocycles. The molecule has 1 fully saturated rings. The van der Waals surface area contributed by atoms with Crippen molar-refractivity contribution in [3.63, 3.8) is 0 Å². The van der Waals surface area contributed by atoms with E-state index >= 15 is 0 Å². The summed E-state index contributed by atoms with van der Waals surface area (Å²) in [5.41, 5.74) is 0.689. The van der Waals surface area contributed by atoms with Crippen LogP contribution in [0.4, 0.5) is 5.69 Å². The first-order chi connectivity index (χ1) is 9.15. The van der Waals surface area contributed by atoms with E-state index in [2.05, 4.69) is 24.1 Å². The van der Waals surface area contributed by atoms with Gasteiger partial charge in [-0.25, -0.2) is 4.98 Å². The summed E-state index contributed by atoms with van der Waals surface area (Å²) in [5, 5.41) is 2.84. The number of anilines is 1. The molecule has 0 spiro atoms. The van der Waals surface area contributed by atoms with Crippen LogP contribution in [0.25, 0.3) is 0 Å². The van der Waals surface area contributed by atoms with Crippen LogP contribution in [-0.2, 0) is 9.53 Å². The van der Waals surface area contributed by atoms with E-state index in [1.165, 1.54) is 0 Å². The fourth-order valence-electron chi connectivity index (χ4n) is 1.78. The first-order valence-electron chi connectivity index (χ1n) is 6.62. The van der Waals surface area contributed by atoms with Crippen LogP contribution in [0.3, 0.4) is 0 Å². The number of aromatic nitrogens is 1. The van der Waals surface area contributed by atoms with Gasteiger partial charge in [0, 0.05) is 12.7 Å². The van der Waals surface area contributed by atoms with E-state index in [1.807, 2.05) is 0 Å². The second kappa shape index (κ2) is 6.52. The fourth-order valence-corrected chi connectivity index (χ4v) is 1.78. The van der Waals surface area contributed by atoms with E-state index in [4.69, 9.17) is 9.47 Å². The van der Waals surface area contributed by atoms with Crippen LogP contribution in [0.5, 0.6) is 5.88 Å². The van der Waals surface area contributed by atoms with Gasteiger partial charge in [0.25, 0.3) is 0 Å². The first-order valence-corrected chi connectivity index (χ1v) is 6.62. The minimum Gasteiger partial charge on any atom is -0.477 e. The smallest absolute Gasteiger partial charge is 0.229 e. The predicted molar refractivity (Wildman–Crippen MR) is 72.1 cm³/mol. The lowest BCUT2D eigenvalue weighted by Crippen LogP contribution is -2.22. The molecule has 2 heterocycles. The number of hydrogen-bond donors (Lipinski definition) is 1. The number of nitrogens with zero attached hydrogens (tertiary/aromatic N) is 1. The van der Waals surface area contributed by atoms with Crippen molar-refractivity contribution in [2.75, 3.05) is 25.1 Å². The Balaban J connectivity index is 1.85. The average molecular weight is 264 g/mol. The molecule has 1 unspecified atom stereocenters. The molecule has 0 aromatic carbocycles. The molecule has 1 saturated heterocycles. The van der Waals surface area contributed by atoms with E-state index < -0.39 is 0 Å². The molecule has 1 amide bonds. The maximum atomic E-state index is 11.9. The Bertz CT molecular complexity index is 411. The predicted octanol–water partition coefficient (Wildman–Crippen LogP) is 2.09. The van der Waals surface area contributed by atoms with E-state index in [9.17, 15) is 4.79 Å². The van der Waals surface area contributed by atoms with Crippen LogP contribution in [0.2, 0.25) is 0 Å². The van der Waals surface area contributed by atoms with E-state index in [1.54, 1.807) is 18.3 Å². The second-order valence-corrected chi connectivity index (χ2v) is 5.14. The Morgan fingerprint density at radius 1 is 1.58 bits per heavy atom. The second-order valence-electron chi connectivity index (χ2n) is 5.14. The van der Waals surface area contributed by atoms with Gasteiger partial charge in [0.2, 0.25) is 11.8 Å². The van der Waals surface area contributed by atoms with Gasteiger partial charge in [0.15, 0.2) is 0 Å². The molecular weight excluding hydrogens is 244 g/mol. The number of nitrogens with one attached hydrogen (secondary N) is 1. The lowest BCUT2D eigenvalue weighted by atomic mass is 10.1. The Hall–Kier alpha value is -1.62. The van der Waals surface area contributed by atoms with Gasteiger partial charge < -0.3 is 14.8 Å². The Labute approximate surface area is 113 Å². The highest BCUT2D eigenvalue weighted by Crippen LogP contribution is 2.17. The first kappa shape index (κ1) is 13.8. The van der Waals surface area contributed by atoms with Crippen molar-refractivity contribution in [1.29, 1.82) is 0 Å². The highest BCUT2D eigenvalue weighted by molar-refractivity contribution is 5.92. The zero-order valence-electron chi connectivity index (χ0n) is 11.4. The quantitative estimate of drug-likeness (QED) is 0.884. The number of amides is 1. The summed E-state index contributed by atoms with van der Waals surface area (Å²) in [5.74, 6) is 0.992. The number of hydrogen-bond acceptors (Lipinski definition) is 4. The zero-order valence-corrected chi connectivity index (χ0v) is 11.4. The lowest BCUT2D eigenvalue weighted by Gasteiger charge is -2.10. The van der Waals surface area contributed by atoms with Crippen molar-refractivity contribution >= 4 is 11.6 Å². The molecule has 1 aliphatic rings. The number of rotatable bonds is 5. The molecule has 1 aromatic rings. The number of carbonyl (C=O) groups excluding carboxylic acids is 1. The van der Waals surface area contributed by atoms with E-state index in [0.717, 1.165) is 6.42 Å². The maximum absolute atomic E-state index is 11.9. The molecule has 0 bridgehead atoms. The van der Waals surface area contributed by atoms with Crippen LogP contribution in [0.1, 0.15) is 20.3 Å². The highest BCUT2D eigenvalue weighted by atomic mass is 16.5. The van der Waals surface area contributed by atoms with Crippen LogP contribution in [-0.4, -0.2) is 30.7 Å². The van der Waals surface area contributed by atoms with Crippen molar-refractivity contribution in [3.05, 3.63) is 18.3 Å². The number of ether oxygens (including phenoxy) is 2. The van der Waals surface area contributed by atoms with Crippen molar-refractivity contribution in [1.82, 2.24) is 4.98 Å². The molecule has 104 valence electrons. The summed E-state index contributed by atoms with van der Waals surface area (Å²) in [4.78, 5) is 16.0. The maximum Gasteiger partial charge on any atom is 0.229 e. The Morgan fingerprint density at radius 3 is 3.00 bits per heavy atom. The fraction of sp³-hybridized carbons (Fsp3) is 0.571. The molecule has 5 heteroatoms. The molecule has 1 aliphatic heterocycles. The third kappa shape index (κ3) is 4.21. The lowest BCUT2D eigenvalue weighted by molar-refractivity contribution is -0.119. The summed E-state index contributed by atoms with van der Waals surface area (Å²) >= 11 is 0. The summed E-state index contributed by atoms with van der Waals surface area (Å²) in [6, 6.07) is 3.57. The molecule has 1 N–H and O–H groups in total. The molecule has 1 atom stereocenters. The van der Waals surface area contributed by atoms with Crippen LogP contribution in [0.15, 0.2) is 18.3 Å². The topological polar surface area (TPSA) is 60.5 Å². The SMILES string of the molecule is CC(C)COc1ccc(NC(=O)C2CCOC2)cn1. The minimum atomic E-state index is -0.0446. The van der Waals surface area contributed by atoms with Gasteiger partial charge >= 0.3 is 0 Å². The van der Waals surface area contributed by atoms with Crippen molar-refractivity contribution in [2.24, 2.45) is 11.8 Å². The van der Waals surface area contributed by atoms with Gasteiger partial charge in [0.05, 0.1) is 31.0 Å². The standard InChI is InChI=1S/C14H20N2O3/c1-10(2)8-19-13-4-3-12(7-15-13)16-14(17)11-5-6-18-9-11/h3-4,7,10-11H,5-6,8-9H2,1-2H3,(H,16,17). The summed E-state index contributed by atoms with van der Waals surface area (Å²) in [6.07, 6.45) is 2.40. The van der Waals surface area contributed by atoms with Crippen molar-refractivity contribution < 1.29 is 14.3 Å². The van der Waals surface area contributed by atoms with Crippen molar-refractivity contribution in [2.45, 2.75) is 20.3 Å². The molecular formula is C14H20N2O3. The van der Waals surface area contributed by atoms with Gasteiger partial charge in [-0.3, -0.25) is 4.79 Å². The molecule has 5 nitrogen and oxygen atoms in total. The largest absolute Gasteiger partial charge is 0.477 e. The molecule has 19 heavy (non-hydrogen) atoms.